The Morgan fingerprint density at radius 1 is 0.304 bits per heavy atom. The van der Waals surface area contributed by atoms with Gasteiger partial charge >= 0.3 is 17.9 Å². The van der Waals surface area contributed by atoms with E-state index in [4.69, 9.17) is 14.2 Å². The van der Waals surface area contributed by atoms with Crippen molar-refractivity contribution in [3.8, 4) is 0 Å². The molecule has 0 aromatic heterocycles. The topological polar surface area (TPSA) is 78.9 Å². The molecule has 0 spiro atoms. The van der Waals surface area contributed by atoms with Crippen LogP contribution in [0, 0.1) is 0 Å². The highest BCUT2D eigenvalue weighted by Crippen LogP contribution is 2.17. The second-order valence-electron chi connectivity index (χ2n) is 19.5. The lowest BCUT2D eigenvalue weighted by Crippen LogP contribution is -2.30. The van der Waals surface area contributed by atoms with Crippen LogP contribution in [0.1, 0.15) is 290 Å². The molecule has 1 atom stereocenters. The standard InChI is InChI=1S/C63H110O6/c1-4-7-10-13-16-19-22-24-26-28-30-31-33-34-36-38-41-44-47-50-53-56-62(65)68-59-60(58-67-61(64)55-52-49-46-43-40-21-18-15-12-9-6-3)69-63(66)57-54-51-48-45-42-39-37-35-32-29-27-25-23-20-17-14-11-8-5-2/h8,11,17,20,25,27,32,35,39,42,48,51,60H,4-7,9-10,12-16,18-19,21-24,26,28-31,33-34,36-38,40-41,43-47,49-50,52-59H2,1-3H3/b11-8-,20-17-,27-25-,35-32-,42-39-,51-48-/t60-/m0/s1. The summed E-state index contributed by atoms with van der Waals surface area (Å²) in [6.07, 6.45) is 73.4. The van der Waals surface area contributed by atoms with Gasteiger partial charge in [-0.3, -0.25) is 14.4 Å². The molecule has 0 aliphatic rings. The Balaban J connectivity index is 4.39. The van der Waals surface area contributed by atoms with E-state index < -0.39 is 6.10 Å². The zero-order valence-electron chi connectivity index (χ0n) is 45.6. The molecule has 0 unspecified atom stereocenters. The van der Waals surface area contributed by atoms with Crippen LogP contribution in [0.15, 0.2) is 72.9 Å². The van der Waals surface area contributed by atoms with Crippen molar-refractivity contribution in [3.63, 3.8) is 0 Å². The first-order chi connectivity index (χ1) is 34.0. The zero-order chi connectivity index (χ0) is 50.0. The molecule has 0 aromatic rings. The Bertz CT molecular complexity index is 1290. The van der Waals surface area contributed by atoms with Gasteiger partial charge in [0.05, 0.1) is 0 Å². The van der Waals surface area contributed by atoms with E-state index in [1.165, 1.54) is 167 Å². The van der Waals surface area contributed by atoms with Crippen molar-refractivity contribution in [1.82, 2.24) is 0 Å². The van der Waals surface area contributed by atoms with Gasteiger partial charge in [-0.1, -0.05) is 286 Å². The van der Waals surface area contributed by atoms with Crippen LogP contribution in [0.25, 0.3) is 0 Å². The fourth-order valence-corrected chi connectivity index (χ4v) is 8.35. The van der Waals surface area contributed by atoms with Gasteiger partial charge in [0, 0.05) is 19.3 Å². The molecular formula is C63H110O6. The van der Waals surface area contributed by atoms with Crippen LogP contribution in [0.4, 0.5) is 0 Å². The number of esters is 3. The largest absolute Gasteiger partial charge is 0.462 e. The first-order valence-corrected chi connectivity index (χ1v) is 29.4. The molecule has 0 N–H and O–H groups in total. The highest BCUT2D eigenvalue weighted by molar-refractivity contribution is 5.71. The molecule has 0 aliphatic carbocycles. The third-order valence-corrected chi connectivity index (χ3v) is 12.7. The van der Waals surface area contributed by atoms with Crippen molar-refractivity contribution in [1.29, 1.82) is 0 Å². The SMILES string of the molecule is CC/C=C\C/C=C\C/C=C\C/C=C\C/C=C\C/C=C\CCC(=O)O[C@@H](COC(=O)CCCCCCCCCCCCC)COC(=O)CCCCCCCCCCCCCCCCCCCCCCC. The van der Waals surface area contributed by atoms with E-state index in [1.807, 2.05) is 6.08 Å². The number of carbonyl (C=O) groups excluding carboxylic acids is 3. The fourth-order valence-electron chi connectivity index (χ4n) is 8.35. The van der Waals surface area contributed by atoms with Crippen LogP contribution in [0.2, 0.25) is 0 Å². The average Bonchev–Trinajstić information content (AvgIpc) is 3.35. The van der Waals surface area contributed by atoms with Crippen molar-refractivity contribution in [2.45, 2.75) is 297 Å². The quantitative estimate of drug-likeness (QED) is 0.0262. The summed E-state index contributed by atoms with van der Waals surface area (Å²) in [4.78, 5) is 38.1. The van der Waals surface area contributed by atoms with Crippen molar-refractivity contribution >= 4 is 17.9 Å². The molecule has 0 radical (unpaired) electrons. The molecule has 0 saturated carbocycles. The molecule has 0 bridgehead atoms. The monoisotopic (exact) mass is 963 g/mol. The highest BCUT2D eigenvalue weighted by atomic mass is 16.6. The van der Waals surface area contributed by atoms with Crippen LogP contribution in [0.5, 0.6) is 0 Å². The minimum atomic E-state index is -0.812. The summed E-state index contributed by atoms with van der Waals surface area (Å²) in [7, 11) is 0. The van der Waals surface area contributed by atoms with Gasteiger partial charge < -0.3 is 14.2 Å². The minimum Gasteiger partial charge on any atom is -0.462 e. The van der Waals surface area contributed by atoms with E-state index in [0.717, 1.165) is 77.0 Å². The van der Waals surface area contributed by atoms with E-state index >= 15 is 0 Å². The summed E-state index contributed by atoms with van der Waals surface area (Å²) in [6.45, 7) is 6.49. The Morgan fingerprint density at radius 3 is 0.855 bits per heavy atom. The molecule has 0 aliphatic heterocycles. The molecule has 398 valence electrons. The minimum absolute atomic E-state index is 0.102. The smallest absolute Gasteiger partial charge is 0.306 e. The van der Waals surface area contributed by atoms with Crippen LogP contribution >= 0.6 is 0 Å². The lowest BCUT2D eigenvalue weighted by atomic mass is 10.0. The molecule has 0 rings (SSSR count). The normalized spacial score (nSPS) is 12.6. The molecule has 0 heterocycles. The van der Waals surface area contributed by atoms with Gasteiger partial charge in [-0.2, -0.15) is 0 Å². The van der Waals surface area contributed by atoms with Crippen LogP contribution in [-0.2, 0) is 28.6 Å². The lowest BCUT2D eigenvalue weighted by Gasteiger charge is -2.18. The third-order valence-electron chi connectivity index (χ3n) is 12.7. The molecule has 6 nitrogen and oxygen atoms in total. The predicted molar refractivity (Wildman–Crippen MR) is 298 cm³/mol. The fraction of sp³-hybridized carbons (Fsp3) is 0.762. The molecule has 0 saturated heterocycles. The Morgan fingerprint density at radius 2 is 0.565 bits per heavy atom. The summed E-state index contributed by atoms with van der Waals surface area (Å²) in [5.74, 6) is -0.976. The van der Waals surface area contributed by atoms with Crippen molar-refractivity contribution in [2.24, 2.45) is 0 Å². The van der Waals surface area contributed by atoms with E-state index in [-0.39, 0.29) is 37.5 Å². The molecule has 69 heavy (non-hydrogen) atoms. The van der Waals surface area contributed by atoms with Gasteiger partial charge in [0.15, 0.2) is 6.10 Å². The molecule has 0 amide bonds. The number of unbranched alkanes of at least 4 members (excludes halogenated alkanes) is 30. The summed E-state index contributed by atoms with van der Waals surface area (Å²) in [6, 6.07) is 0. The number of carbonyl (C=O) groups is 3. The van der Waals surface area contributed by atoms with Gasteiger partial charge in [0.1, 0.15) is 13.2 Å². The summed E-state index contributed by atoms with van der Waals surface area (Å²) in [5, 5.41) is 0. The number of hydrogen-bond donors (Lipinski definition) is 0. The van der Waals surface area contributed by atoms with E-state index in [0.29, 0.717) is 19.3 Å². The van der Waals surface area contributed by atoms with Gasteiger partial charge in [-0.25, -0.2) is 0 Å². The third kappa shape index (κ3) is 55.6. The summed E-state index contributed by atoms with van der Waals surface area (Å²) in [5.41, 5.74) is 0. The molecular weight excluding hydrogens is 853 g/mol. The second kappa shape index (κ2) is 57.4. The average molecular weight is 964 g/mol. The zero-order valence-corrected chi connectivity index (χ0v) is 45.6. The van der Waals surface area contributed by atoms with Gasteiger partial charge in [0.2, 0.25) is 0 Å². The van der Waals surface area contributed by atoms with Crippen LogP contribution < -0.4 is 0 Å². The van der Waals surface area contributed by atoms with E-state index in [2.05, 4.69) is 87.6 Å². The van der Waals surface area contributed by atoms with Crippen molar-refractivity contribution < 1.29 is 28.6 Å². The van der Waals surface area contributed by atoms with Crippen molar-refractivity contribution in [3.05, 3.63) is 72.9 Å². The van der Waals surface area contributed by atoms with Gasteiger partial charge in [-0.15, -0.1) is 0 Å². The molecule has 6 heteroatoms. The highest BCUT2D eigenvalue weighted by Gasteiger charge is 2.19. The molecule has 0 fully saturated rings. The maximum Gasteiger partial charge on any atom is 0.306 e. The summed E-state index contributed by atoms with van der Waals surface area (Å²) >= 11 is 0. The summed E-state index contributed by atoms with van der Waals surface area (Å²) < 4.78 is 16.8. The van der Waals surface area contributed by atoms with Crippen LogP contribution in [-0.4, -0.2) is 37.2 Å². The number of hydrogen-bond acceptors (Lipinski definition) is 6. The van der Waals surface area contributed by atoms with E-state index in [1.54, 1.807) is 0 Å². The van der Waals surface area contributed by atoms with E-state index in [9.17, 15) is 14.4 Å². The maximum absolute atomic E-state index is 12.8. The number of ether oxygens (including phenoxy) is 3. The van der Waals surface area contributed by atoms with Crippen molar-refractivity contribution in [2.75, 3.05) is 13.2 Å². The number of rotatable bonds is 53. The first kappa shape index (κ1) is 65.8. The predicted octanol–water partition coefficient (Wildman–Crippen LogP) is 19.8. The Hall–Kier alpha value is -3.15. The van der Waals surface area contributed by atoms with Gasteiger partial charge in [-0.05, 0) is 57.8 Å². The Labute approximate surface area is 427 Å². The second-order valence-corrected chi connectivity index (χ2v) is 19.5. The maximum atomic E-state index is 12.8. The lowest BCUT2D eigenvalue weighted by molar-refractivity contribution is -0.166. The molecule has 0 aromatic carbocycles. The first-order valence-electron chi connectivity index (χ1n) is 29.4. The van der Waals surface area contributed by atoms with Crippen LogP contribution in [0.3, 0.4) is 0 Å². The van der Waals surface area contributed by atoms with Gasteiger partial charge in [0.25, 0.3) is 0 Å². The number of allylic oxidation sites excluding steroid dienone is 12. The Kier molecular flexibility index (Phi) is 54.8.